The highest BCUT2D eigenvalue weighted by Gasteiger charge is 2.46. The molecule has 0 atom stereocenters. The van der Waals surface area contributed by atoms with Crippen LogP contribution in [0.1, 0.15) is 39.2 Å². The zero-order valence-corrected chi connectivity index (χ0v) is 17.0. The number of piperidine rings is 1. The van der Waals surface area contributed by atoms with Gasteiger partial charge in [-0.3, -0.25) is 4.90 Å². The fourth-order valence-corrected chi connectivity index (χ4v) is 4.27. The summed E-state index contributed by atoms with van der Waals surface area (Å²) in [5, 5.41) is 10.5. The second-order valence-electron chi connectivity index (χ2n) is 8.98. The second kappa shape index (κ2) is 7.93. The van der Waals surface area contributed by atoms with E-state index in [2.05, 4.69) is 30.5 Å². The van der Waals surface area contributed by atoms with Crippen LogP contribution in [-0.2, 0) is 6.54 Å². The van der Waals surface area contributed by atoms with Gasteiger partial charge in [0.2, 0.25) is 6.54 Å². The highest BCUT2D eigenvalue weighted by Crippen LogP contribution is 2.47. The van der Waals surface area contributed by atoms with Gasteiger partial charge in [0.15, 0.2) is 0 Å². The molecule has 0 spiro atoms. The lowest BCUT2D eigenvalue weighted by molar-refractivity contribution is 0.0173. The average molecular weight is 381 g/mol. The van der Waals surface area contributed by atoms with Crippen LogP contribution in [0.4, 0.5) is 4.39 Å². The molecule has 0 aromatic heterocycles. The Morgan fingerprint density at radius 2 is 1.86 bits per heavy atom. The third-order valence-corrected chi connectivity index (χ3v) is 6.39. The predicted molar refractivity (Wildman–Crippen MR) is 111 cm³/mol. The minimum Gasteiger partial charge on any atom is -0.507 e. The number of likely N-dealkylation sites (tertiary alicyclic amines) is 1. The van der Waals surface area contributed by atoms with Gasteiger partial charge in [0.25, 0.3) is 0 Å². The number of nitrogens with zero attached hydrogens (tertiary/aromatic N) is 2. The molecule has 1 N–H and O–H groups in total. The summed E-state index contributed by atoms with van der Waals surface area (Å²) in [4.78, 5) is 6.13. The van der Waals surface area contributed by atoms with Crippen LogP contribution in [0, 0.1) is 23.2 Å². The van der Waals surface area contributed by atoms with Gasteiger partial charge in [0.1, 0.15) is 11.6 Å². The first-order valence-electron chi connectivity index (χ1n) is 9.87. The zero-order chi connectivity index (χ0) is 20.4. The van der Waals surface area contributed by atoms with Crippen LogP contribution in [0.2, 0.25) is 0 Å². The van der Waals surface area contributed by atoms with E-state index in [4.69, 9.17) is 6.57 Å². The Labute approximate surface area is 167 Å². The molecule has 0 aliphatic carbocycles. The lowest BCUT2D eigenvalue weighted by atomic mass is 9.61. The average Bonchev–Trinajstić information content (AvgIpc) is 2.63. The molecule has 3 nitrogen and oxygen atoms in total. The summed E-state index contributed by atoms with van der Waals surface area (Å²) in [6.45, 7) is 17.4. The van der Waals surface area contributed by atoms with E-state index in [-0.39, 0.29) is 22.4 Å². The fraction of sp³-hybridized carbons (Fsp3) is 0.458. The molecule has 0 saturated carbocycles. The lowest BCUT2D eigenvalue weighted by Crippen LogP contribution is -2.47. The summed E-state index contributed by atoms with van der Waals surface area (Å²) in [7, 11) is 0. The molecule has 1 aliphatic rings. The van der Waals surface area contributed by atoms with Crippen molar-refractivity contribution in [1.29, 1.82) is 0 Å². The van der Waals surface area contributed by atoms with Gasteiger partial charge in [0.05, 0.1) is 0 Å². The Morgan fingerprint density at radius 3 is 2.43 bits per heavy atom. The first-order valence-corrected chi connectivity index (χ1v) is 9.87. The van der Waals surface area contributed by atoms with Crippen LogP contribution in [0.5, 0.6) is 5.75 Å². The maximum atomic E-state index is 13.5. The van der Waals surface area contributed by atoms with E-state index < -0.39 is 0 Å². The summed E-state index contributed by atoms with van der Waals surface area (Å²) in [5.74, 6) is -0.131. The molecule has 1 heterocycles. The number of halogens is 1. The van der Waals surface area contributed by atoms with E-state index >= 15 is 0 Å². The molecule has 1 saturated heterocycles. The van der Waals surface area contributed by atoms with E-state index in [9.17, 15) is 9.50 Å². The Bertz CT molecular complexity index is 871. The van der Waals surface area contributed by atoms with Crippen molar-refractivity contribution in [1.82, 2.24) is 4.90 Å². The number of benzene rings is 2. The summed E-state index contributed by atoms with van der Waals surface area (Å²) in [6.07, 6.45) is 2.04. The molecule has 0 radical (unpaired) electrons. The normalized spacial score (nSPS) is 17.2. The van der Waals surface area contributed by atoms with Crippen LogP contribution in [-0.4, -0.2) is 29.6 Å². The molecule has 1 aliphatic heterocycles. The monoisotopic (exact) mass is 380 g/mol. The zero-order valence-electron chi connectivity index (χ0n) is 17.0. The highest BCUT2D eigenvalue weighted by atomic mass is 19.1. The summed E-state index contributed by atoms with van der Waals surface area (Å²) >= 11 is 0. The maximum absolute atomic E-state index is 13.5. The first kappa shape index (κ1) is 20.4. The van der Waals surface area contributed by atoms with Gasteiger partial charge < -0.3 is 9.95 Å². The SMILES string of the molecule is [C-]#[N+]CC1(C(C)(C)C)CCN(Cc2ccc(-c3cccc(F)c3)c(O)c2)CC1. The van der Waals surface area contributed by atoms with E-state index in [1.165, 1.54) is 12.1 Å². The van der Waals surface area contributed by atoms with Gasteiger partial charge in [-0.1, -0.05) is 45.0 Å². The van der Waals surface area contributed by atoms with Crippen molar-refractivity contribution in [3.63, 3.8) is 0 Å². The Hall–Kier alpha value is -2.38. The van der Waals surface area contributed by atoms with Crippen molar-refractivity contribution in [3.05, 3.63) is 65.3 Å². The Kier molecular flexibility index (Phi) is 5.76. The van der Waals surface area contributed by atoms with Crippen LogP contribution < -0.4 is 0 Å². The van der Waals surface area contributed by atoms with Crippen LogP contribution in [0.15, 0.2) is 42.5 Å². The predicted octanol–water partition coefficient (Wildman–Crippen LogP) is 5.75. The van der Waals surface area contributed by atoms with Gasteiger partial charge in [-0.2, -0.15) is 0 Å². The van der Waals surface area contributed by atoms with Gasteiger partial charge in [-0.05, 0) is 60.7 Å². The van der Waals surface area contributed by atoms with Crippen LogP contribution in [0.25, 0.3) is 16.0 Å². The van der Waals surface area contributed by atoms with Gasteiger partial charge in [-0.15, -0.1) is 0 Å². The van der Waals surface area contributed by atoms with E-state index in [0.29, 0.717) is 17.7 Å². The molecule has 2 aromatic rings. The van der Waals surface area contributed by atoms with Gasteiger partial charge >= 0.3 is 0 Å². The molecular weight excluding hydrogens is 351 g/mol. The Balaban J connectivity index is 1.69. The van der Waals surface area contributed by atoms with E-state index in [1.807, 2.05) is 12.1 Å². The Morgan fingerprint density at radius 1 is 1.14 bits per heavy atom. The van der Waals surface area contributed by atoms with Crippen molar-refractivity contribution in [2.75, 3.05) is 19.6 Å². The molecule has 28 heavy (non-hydrogen) atoms. The molecule has 0 unspecified atom stereocenters. The lowest BCUT2D eigenvalue weighted by Gasteiger charge is -2.46. The molecule has 3 rings (SSSR count). The molecule has 148 valence electrons. The standard InChI is InChI=1S/C24H29FN2O/c1-23(2,3)24(17-26-4)10-12-27(13-11-24)16-18-8-9-21(22(28)14-18)19-6-5-7-20(25)15-19/h5-9,14-15,28H,10-13,16-17H2,1-3H3. The third kappa shape index (κ3) is 4.20. The fourth-order valence-electron chi connectivity index (χ4n) is 4.27. The molecular formula is C24H29FN2O. The minimum atomic E-state index is -0.309. The van der Waals surface area contributed by atoms with Crippen molar-refractivity contribution < 1.29 is 9.50 Å². The minimum absolute atomic E-state index is 0.0780. The molecule has 2 aromatic carbocycles. The van der Waals surface area contributed by atoms with Crippen molar-refractivity contribution in [3.8, 4) is 16.9 Å². The van der Waals surface area contributed by atoms with Crippen molar-refractivity contribution in [2.45, 2.75) is 40.2 Å². The van der Waals surface area contributed by atoms with Gasteiger partial charge in [-0.25, -0.2) is 11.0 Å². The summed E-state index contributed by atoms with van der Waals surface area (Å²) in [5.41, 5.74) is 2.57. The number of rotatable bonds is 4. The highest BCUT2D eigenvalue weighted by molar-refractivity contribution is 5.70. The number of phenolic OH excluding ortho intramolecular Hbond substituents is 1. The summed E-state index contributed by atoms with van der Waals surface area (Å²) < 4.78 is 13.5. The van der Waals surface area contributed by atoms with Crippen molar-refractivity contribution in [2.24, 2.45) is 10.8 Å². The smallest absolute Gasteiger partial charge is 0.220 e. The molecule has 4 heteroatoms. The maximum Gasteiger partial charge on any atom is 0.220 e. The van der Waals surface area contributed by atoms with Crippen LogP contribution >= 0.6 is 0 Å². The summed E-state index contributed by atoms with van der Waals surface area (Å²) in [6, 6.07) is 11.9. The van der Waals surface area contributed by atoms with Crippen LogP contribution in [0.3, 0.4) is 0 Å². The van der Waals surface area contributed by atoms with E-state index in [0.717, 1.165) is 38.0 Å². The number of phenols is 1. The first-order chi connectivity index (χ1) is 13.2. The topological polar surface area (TPSA) is 27.8 Å². The van der Waals surface area contributed by atoms with E-state index in [1.54, 1.807) is 18.2 Å². The second-order valence-corrected chi connectivity index (χ2v) is 8.98. The van der Waals surface area contributed by atoms with Crippen molar-refractivity contribution >= 4 is 0 Å². The van der Waals surface area contributed by atoms with Gasteiger partial charge in [0, 0.05) is 17.5 Å². The largest absolute Gasteiger partial charge is 0.507 e. The number of hydrogen-bond acceptors (Lipinski definition) is 2. The number of hydrogen-bond donors (Lipinski definition) is 1. The molecule has 1 fully saturated rings. The third-order valence-electron chi connectivity index (χ3n) is 6.39. The quantitative estimate of drug-likeness (QED) is 0.684. The molecule has 0 bridgehead atoms. The number of aromatic hydroxyl groups is 1. The molecule has 0 amide bonds.